The fourth-order valence-electron chi connectivity index (χ4n) is 1.53. The second-order valence-corrected chi connectivity index (χ2v) is 4.25. The number of benzene rings is 2. The van der Waals surface area contributed by atoms with E-state index in [0.29, 0.717) is 0 Å². The number of ether oxygens (including phenoxy) is 2. The van der Waals surface area contributed by atoms with Crippen molar-refractivity contribution in [3.05, 3.63) is 33.9 Å². The summed E-state index contributed by atoms with van der Waals surface area (Å²) >= 11 is 2.30. The predicted octanol–water partition coefficient (Wildman–Crippen LogP) is 3.46. The minimum Gasteiger partial charge on any atom is -0.497 e. The topological polar surface area (TPSA) is 18.5 Å². The highest BCUT2D eigenvalue weighted by atomic mass is 127. The Hall–Kier alpha value is -0.970. The highest BCUT2D eigenvalue weighted by Gasteiger charge is 2.05. The third-order valence-electron chi connectivity index (χ3n) is 2.35. The summed E-state index contributed by atoms with van der Waals surface area (Å²) in [6, 6.07) is 10.1. The maximum Gasteiger partial charge on any atom is 0.132 e. The van der Waals surface area contributed by atoms with Crippen LogP contribution in [-0.4, -0.2) is 14.2 Å². The fraction of sp³-hybridized carbons (Fsp3) is 0.167. The van der Waals surface area contributed by atoms with Gasteiger partial charge < -0.3 is 9.47 Å². The Bertz CT molecular complexity index is 494. The van der Waals surface area contributed by atoms with Crippen molar-refractivity contribution in [2.75, 3.05) is 14.2 Å². The van der Waals surface area contributed by atoms with E-state index in [9.17, 15) is 0 Å². The number of fused-ring (bicyclic) bond motifs is 1. The Morgan fingerprint density at radius 1 is 1.00 bits per heavy atom. The first-order valence-electron chi connectivity index (χ1n) is 4.56. The van der Waals surface area contributed by atoms with Gasteiger partial charge in [-0.2, -0.15) is 0 Å². The Morgan fingerprint density at radius 2 is 1.80 bits per heavy atom. The molecule has 2 aromatic rings. The van der Waals surface area contributed by atoms with Crippen molar-refractivity contribution in [3.63, 3.8) is 0 Å². The first kappa shape index (κ1) is 10.5. The molecule has 0 bridgehead atoms. The van der Waals surface area contributed by atoms with Gasteiger partial charge in [-0.05, 0) is 57.6 Å². The number of halogens is 1. The van der Waals surface area contributed by atoms with Gasteiger partial charge in [0.15, 0.2) is 0 Å². The van der Waals surface area contributed by atoms with Crippen molar-refractivity contribution in [1.82, 2.24) is 0 Å². The molecule has 3 heteroatoms. The van der Waals surface area contributed by atoms with Crippen molar-refractivity contribution in [2.45, 2.75) is 0 Å². The molecule has 0 aliphatic carbocycles. The van der Waals surface area contributed by atoms with Gasteiger partial charge in [0, 0.05) is 0 Å². The van der Waals surface area contributed by atoms with Crippen molar-refractivity contribution >= 4 is 33.4 Å². The molecule has 0 atom stereocenters. The van der Waals surface area contributed by atoms with E-state index in [1.54, 1.807) is 14.2 Å². The van der Waals surface area contributed by atoms with Crippen LogP contribution in [0.1, 0.15) is 0 Å². The Balaban J connectivity index is 2.68. The monoisotopic (exact) mass is 314 g/mol. The van der Waals surface area contributed by atoms with Crippen LogP contribution in [0.5, 0.6) is 11.5 Å². The molecule has 15 heavy (non-hydrogen) atoms. The summed E-state index contributed by atoms with van der Waals surface area (Å²) in [6.45, 7) is 0. The van der Waals surface area contributed by atoms with Gasteiger partial charge in [-0.1, -0.05) is 6.07 Å². The molecule has 0 aliphatic rings. The van der Waals surface area contributed by atoms with E-state index in [0.717, 1.165) is 15.1 Å². The Kier molecular flexibility index (Phi) is 3.00. The van der Waals surface area contributed by atoms with Crippen LogP contribution in [0.4, 0.5) is 0 Å². The molecule has 78 valence electrons. The normalized spacial score (nSPS) is 10.3. The third-order valence-corrected chi connectivity index (χ3v) is 3.46. The van der Waals surface area contributed by atoms with E-state index in [-0.39, 0.29) is 0 Å². The third kappa shape index (κ3) is 1.88. The van der Waals surface area contributed by atoms with Crippen molar-refractivity contribution in [2.24, 2.45) is 0 Å². The quantitative estimate of drug-likeness (QED) is 0.791. The smallest absolute Gasteiger partial charge is 0.132 e. The summed E-state index contributed by atoms with van der Waals surface area (Å²) < 4.78 is 11.6. The SMILES string of the molecule is COc1ccc2c(I)c(OC)ccc2c1. The molecule has 0 amide bonds. The lowest BCUT2D eigenvalue weighted by molar-refractivity contribution is 0.412. The zero-order valence-electron chi connectivity index (χ0n) is 8.58. The van der Waals surface area contributed by atoms with E-state index in [1.807, 2.05) is 24.3 Å². The van der Waals surface area contributed by atoms with Gasteiger partial charge in [-0.3, -0.25) is 0 Å². The van der Waals surface area contributed by atoms with E-state index in [1.165, 1.54) is 10.8 Å². The standard InChI is InChI=1S/C12H11IO2/c1-14-9-4-5-10-8(7-9)3-6-11(15-2)12(10)13/h3-7H,1-2H3. The largest absolute Gasteiger partial charge is 0.497 e. The van der Waals surface area contributed by atoms with Crippen LogP contribution < -0.4 is 9.47 Å². The molecule has 0 unspecified atom stereocenters. The molecule has 2 nitrogen and oxygen atoms in total. The van der Waals surface area contributed by atoms with Crippen LogP contribution in [0.25, 0.3) is 10.8 Å². The first-order valence-corrected chi connectivity index (χ1v) is 5.64. The summed E-state index contributed by atoms with van der Waals surface area (Å²) in [5, 5.41) is 2.36. The van der Waals surface area contributed by atoms with Crippen molar-refractivity contribution < 1.29 is 9.47 Å². The molecule has 0 aliphatic heterocycles. The molecule has 0 saturated heterocycles. The average Bonchev–Trinajstić information content (AvgIpc) is 2.29. The van der Waals surface area contributed by atoms with Gasteiger partial charge in [0.25, 0.3) is 0 Å². The lowest BCUT2D eigenvalue weighted by atomic mass is 10.1. The van der Waals surface area contributed by atoms with Gasteiger partial charge >= 0.3 is 0 Å². The van der Waals surface area contributed by atoms with Gasteiger partial charge in [0.1, 0.15) is 11.5 Å². The molecular weight excluding hydrogens is 303 g/mol. The molecule has 0 fully saturated rings. The van der Waals surface area contributed by atoms with Crippen LogP contribution in [0.2, 0.25) is 0 Å². The summed E-state index contributed by atoms with van der Waals surface area (Å²) in [4.78, 5) is 0. The van der Waals surface area contributed by atoms with Crippen molar-refractivity contribution in [1.29, 1.82) is 0 Å². The zero-order chi connectivity index (χ0) is 10.8. The summed E-state index contributed by atoms with van der Waals surface area (Å²) in [7, 11) is 3.36. The maximum absolute atomic E-state index is 5.27. The van der Waals surface area contributed by atoms with Crippen LogP contribution >= 0.6 is 22.6 Å². The molecule has 2 aromatic carbocycles. The van der Waals surface area contributed by atoms with Crippen LogP contribution in [0.3, 0.4) is 0 Å². The van der Waals surface area contributed by atoms with Crippen LogP contribution in [-0.2, 0) is 0 Å². The lowest BCUT2D eigenvalue weighted by Crippen LogP contribution is -1.89. The van der Waals surface area contributed by atoms with Crippen LogP contribution in [0, 0.1) is 3.57 Å². The van der Waals surface area contributed by atoms with Crippen LogP contribution in [0.15, 0.2) is 30.3 Å². The molecule has 0 saturated carbocycles. The van der Waals surface area contributed by atoms with Gasteiger partial charge in [-0.15, -0.1) is 0 Å². The van der Waals surface area contributed by atoms with Gasteiger partial charge in [-0.25, -0.2) is 0 Å². The first-order chi connectivity index (χ1) is 7.26. The number of rotatable bonds is 2. The Labute approximate surface area is 102 Å². The summed E-state index contributed by atoms with van der Waals surface area (Å²) in [5.41, 5.74) is 0. The number of hydrogen-bond donors (Lipinski definition) is 0. The average molecular weight is 314 g/mol. The van der Waals surface area contributed by atoms with E-state index >= 15 is 0 Å². The van der Waals surface area contributed by atoms with E-state index < -0.39 is 0 Å². The molecule has 2 rings (SSSR count). The number of methoxy groups -OCH3 is 2. The minimum absolute atomic E-state index is 0.878. The molecule has 0 N–H and O–H groups in total. The second-order valence-electron chi connectivity index (χ2n) is 3.17. The predicted molar refractivity (Wildman–Crippen MR) is 69.8 cm³/mol. The molecule has 0 spiro atoms. The highest BCUT2D eigenvalue weighted by Crippen LogP contribution is 2.31. The maximum atomic E-state index is 5.27. The summed E-state index contributed by atoms with van der Waals surface area (Å²) in [5.74, 6) is 1.79. The van der Waals surface area contributed by atoms with E-state index in [4.69, 9.17) is 9.47 Å². The lowest BCUT2D eigenvalue weighted by Gasteiger charge is -2.08. The molecule has 0 heterocycles. The highest BCUT2D eigenvalue weighted by molar-refractivity contribution is 14.1. The fourth-order valence-corrected chi connectivity index (χ4v) is 2.43. The molecule has 0 radical (unpaired) electrons. The summed E-state index contributed by atoms with van der Waals surface area (Å²) in [6.07, 6.45) is 0. The van der Waals surface area contributed by atoms with E-state index in [2.05, 4.69) is 28.7 Å². The Morgan fingerprint density at radius 3 is 2.47 bits per heavy atom. The molecular formula is C12H11IO2. The minimum atomic E-state index is 0.878. The van der Waals surface area contributed by atoms with Crippen molar-refractivity contribution in [3.8, 4) is 11.5 Å². The second kappa shape index (κ2) is 4.26. The number of hydrogen-bond acceptors (Lipinski definition) is 2. The van der Waals surface area contributed by atoms with Gasteiger partial charge in [0.2, 0.25) is 0 Å². The zero-order valence-corrected chi connectivity index (χ0v) is 10.7. The van der Waals surface area contributed by atoms with Gasteiger partial charge in [0.05, 0.1) is 17.8 Å². The molecule has 0 aromatic heterocycles.